The molecule has 1 aliphatic rings. The van der Waals surface area contributed by atoms with Crippen molar-refractivity contribution in [3.8, 4) is 40.0 Å². The minimum Gasteiger partial charge on any atom is -0.479 e. The molecule has 7 rings (SSSR count). The molecule has 1 fully saturated rings. The first kappa shape index (κ1) is 35.2. The van der Waals surface area contributed by atoms with Crippen molar-refractivity contribution in [2.24, 2.45) is 14.1 Å². The van der Waals surface area contributed by atoms with E-state index in [2.05, 4.69) is 59.5 Å². The molecule has 3 aromatic carbocycles. The molecule has 4 heterocycles. The van der Waals surface area contributed by atoms with Crippen molar-refractivity contribution >= 4 is 51.1 Å². The summed E-state index contributed by atoms with van der Waals surface area (Å²) >= 11 is 6.26. The Balaban J connectivity index is 1.04. The molecule has 266 valence electrons. The number of imidazole rings is 1. The highest BCUT2D eigenvalue weighted by atomic mass is 35.5. The molecule has 6 aromatic rings. The number of pyridine rings is 2. The van der Waals surface area contributed by atoms with E-state index < -0.39 is 12.0 Å². The van der Waals surface area contributed by atoms with Gasteiger partial charge in [-0.05, 0) is 76.5 Å². The lowest BCUT2D eigenvalue weighted by Crippen LogP contribution is -2.46. The summed E-state index contributed by atoms with van der Waals surface area (Å²) in [5.74, 6) is 5.13. The molecule has 53 heavy (non-hydrogen) atoms. The Morgan fingerprint density at radius 3 is 2.58 bits per heavy atom. The maximum absolute atomic E-state index is 12.8. The van der Waals surface area contributed by atoms with E-state index in [1.54, 1.807) is 46.6 Å². The fraction of sp³-hybridized carbons (Fsp3) is 0.220. The fourth-order valence-electron chi connectivity index (χ4n) is 6.51. The molecule has 1 unspecified atom stereocenters. The molecule has 11 nitrogen and oxygen atoms in total. The van der Waals surface area contributed by atoms with Gasteiger partial charge in [-0.25, -0.2) is 4.79 Å². The van der Waals surface area contributed by atoms with Gasteiger partial charge >= 0.3 is 5.69 Å². The van der Waals surface area contributed by atoms with Crippen molar-refractivity contribution in [3.63, 3.8) is 0 Å². The maximum Gasteiger partial charge on any atom is 0.328 e. The zero-order valence-corrected chi connectivity index (χ0v) is 30.2. The van der Waals surface area contributed by atoms with E-state index in [0.29, 0.717) is 16.3 Å². The molecule has 3 aromatic heterocycles. The molecule has 12 heteroatoms. The van der Waals surface area contributed by atoms with Crippen LogP contribution in [-0.4, -0.2) is 49.5 Å². The Labute approximate surface area is 310 Å². The molecule has 3 amide bonds. The van der Waals surface area contributed by atoms with Gasteiger partial charge in [0.2, 0.25) is 5.91 Å². The summed E-state index contributed by atoms with van der Waals surface area (Å²) in [5, 5.41) is 7.29. The first-order chi connectivity index (χ1) is 25.5. The van der Waals surface area contributed by atoms with Gasteiger partial charge in [-0.15, -0.1) is 0 Å². The number of imide groups is 1. The van der Waals surface area contributed by atoms with E-state index in [9.17, 15) is 19.2 Å². The van der Waals surface area contributed by atoms with Crippen LogP contribution in [-0.2, 0) is 23.7 Å². The minimum absolute atomic E-state index is 0.0563. The van der Waals surface area contributed by atoms with Crippen molar-refractivity contribution in [2.75, 3.05) is 6.54 Å². The molecule has 0 aliphatic carbocycles. The number of rotatable bonds is 7. The molecular formula is C41H35ClN6O5. The van der Waals surface area contributed by atoms with Gasteiger partial charge < -0.3 is 10.1 Å². The number of aryl methyl sites for hydroxylation is 2. The number of hydrogen-bond acceptors (Lipinski definition) is 7. The number of hydrogen-bond donors (Lipinski definition) is 2. The largest absolute Gasteiger partial charge is 0.479 e. The van der Waals surface area contributed by atoms with Gasteiger partial charge in [0.25, 0.3) is 11.8 Å². The zero-order chi connectivity index (χ0) is 37.4. The van der Waals surface area contributed by atoms with E-state index in [1.807, 2.05) is 37.5 Å². The first-order valence-corrected chi connectivity index (χ1v) is 17.5. The van der Waals surface area contributed by atoms with Crippen molar-refractivity contribution in [1.29, 1.82) is 0 Å². The lowest BCUT2D eigenvalue weighted by Gasteiger charge is -2.22. The van der Waals surface area contributed by atoms with Crippen LogP contribution in [0.1, 0.15) is 54.2 Å². The molecule has 0 bridgehead atoms. The van der Waals surface area contributed by atoms with Crippen LogP contribution in [0.5, 0.6) is 5.75 Å². The number of halogens is 1. The summed E-state index contributed by atoms with van der Waals surface area (Å²) in [6.45, 7) is 4.33. The summed E-state index contributed by atoms with van der Waals surface area (Å²) in [6.07, 6.45) is 3.10. The van der Waals surface area contributed by atoms with Crippen LogP contribution >= 0.6 is 11.6 Å². The number of nitrogens with zero attached hydrogens (tertiary/aromatic N) is 4. The number of amides is 3. The van der Waals surface area contributed by atoms with Gasteiger partial charge in [0.1, 0.15) is 11.4 Å². The number of ether oxygens (including phenoxy) is 1. The lowest BCUT2D eigenvalue weighted by atomic mass is 9.93. The van der Waals surface area contributed by atoms with Gasteiger partial charge in [-0.1, -0.05) is 55.5 Å². The number of nitrogens with one attached hydrogen (secondary N) is 2. The van der Waals surface area contributed by atoms with Crippen LogP contribution in [0.25, 0.3) is 44.2 Å². The number of fused-ring (bicyclic) bond motifs is 2. The van der Waals surface area contributed by atoms with E-state index in [0.717, 1.165) is 44.1 Å². The van der Waals surface area contributed by atoms with Gasteiger partial charge in [0, 0.05) is 55.8 Å². The Morgan fingerprint density at radius 1 is 1.00 bits per heavy atom. The highest BCUT2D eigenvalue weighted by Gasteiger charge is 2.29. The van der Waals surface area contributed by atoms with Crippen LogP contribution in [0.15, 0.2) is 83.9 Å². The number of piperidine rings is 1. The number of carbonyl (C=O) groups is 3. The van der Waals surface area contributed by atoms with E-state index in [-0.39, 0.29) is 54.3 Å². The van der Waals surface area contributed by atoms with Gasteiger partial charge in [0.05, 0.1) is 28.3 Å². The average molecular weight is 727 g/mol. The number of aromatic nitrogens is 4. The summed E-state index contributed by atoms with van der Waals surface area (Å²) in [7, 11) is 3.62. The van der Waals surface area contributed by atoms with Crippen molar-refractivity contribution < 1.29 is 19.1 Å². The molecule has 0 radical (unpaired) electrons. The number of benzene rings is 3. The normalized spacial score (nSPS) is 14.3. The quantitative estimate of drug-likeness (QED) is 0.155. The maximum atomic E-state index is 12.8. The first-order valence-electron chi connectivity index (χ1n) is 17.1. The zero-order valence-electron chi connectivity index (χ0n) is 29.5. The van der Waals surface area contributed by atoms with Crippen LogP contribution in [0, 0.1) is 11.8 Å². The second-order valence-electron chi connectivity index (χ2n) is 13.2. The summed E-state index contributed by atoms with van der Waals surface area (Å²) in [4.78, 5) is 58.3. The molecule has 0 saturated carbocycles. The van der Waals surface area contributed by atoms with Gasteiger partial charge in [-0.3, -0.25) is 38.8 Å². The van der Waals surface area contributed by atoms with Crippen LogP contribution < -0.4 is 21.1 Å². The highest BCUT2D eigenvalue weighted by molar-refractivity contribution is 6.32. The van der Waals surface area contributed by atoms with Crippen molar-refractivity contribution in [1.82, 2.24) is 29.7 Å². The van der Waals surface area contributed by atoms with Gasteiger partial charge in [0.15, 0.2) is 6.10 Å². The highest BCUT2D eigenvalue weighted by Crippen LogP contribution is 2.35. The average Bonchev–Trinajstić information content (AvgIpc) is 3.37. The molecule has 1 saturated heterocycles. The van der Waals surface area contributed by atoms with Crippen LogP contribution in [0.2, 0.25) is 5.02 Å². The molecule has 1 aliphatic heterocycles. The minimum atomic E-state index is -0.824. The third-order valence-electron chi connectivity index (χ3n) is 9.34. The molecule has 0 spiro atoms. The van der Waals surface area contributed by atoms with Gasteiger partial charge in [-0.2, -0.15) is 0 Å². The molecule has 1 atom stereocenters. The predicted octanol–water partition coefficient (Wildman–Crippen LogP) is 5.90. The predicted molar refractivity (Wildman–Crippen MR) is 204 cm³/mol. The monoisotopic (exact) mass is 726 g/mol. The third kappa shape index (κ3) is 7.01. The SMILES string of the molecule is CC(C)c1cc(-c2cccc3cc(-c4ccc(C(=O)NCC#Cc5ccc(Cl)c(OC6CCC(=O)NC6=O)c5)nc4)ncc23)cc2c1n(C)c(=O)n2C. The van der Waals surface area contributed by atoms with E-state index in [4.69, 9.17) is 21.3 Å². The lowest BCUT2D eigenvalue weighted by molar-refractivity contribution is -0.138. The Hall–Kier alpha value is -6.25. The second-order valence-corrected chi connectivity index (χ2v) is 13.6. The second kappa shape index (κ2) is 14.4. The van der Waals surface area contributed by atoms with E-state index in [1.165, 1.54) is 0 Å². The summed E-state index contributed by atoms with van der Waals surface area (Å²) in [5.41, 5.74) is 7.20. The third-order valence-corrected chi connectivity index (χ3v) is 9.65. The van der Waals surface area contributed by atoms with Crippen molar-refractivity contribution in [2.45, 2.75) is 38.7 Å². The van der Waals surface area contributed by atoms with Crippen LogP contribution in [0.3, 0.4) is 0 Å². The standard InChI is InChI=1S/C41H35ClN6O5/c1-23(2)29-18-27(20-34-38(29)48(4)41(52)47(34)3)28-9-5-8-25-19-33(45-22-30(25)28)26-11-13-32(44-21-26)39(50)43-16-6-7-24-10-12-31(42)36(17-24)53-35-14-15-37(49)46-40(35)51/h5,8-13,17-23,35H,14-16H2,1-4H3,(H,43,50)(H,46,49,51). The Kier molecular flexibility index (Phi) is 9.56. The Bertz CT molecular complexity index is 2580. The number of carbonyl (C=O) groups excluding carboxylic acids is 3. The summed E-state index contributed by atoms with van der Waals surface area (Å²) in [6, 6.07) is 20.7. The van der Waals surface area contributed by atoms with E-state index >= 15 is 0 Å². The Morgan fingerprint density at radius 2 is 1.83 bits per heavy atom. The summed E-state index contributed by atoms with van der Waals surface area (Å²) < 4.78 is 9.16. The van der Waals surface area contributed by atoms with Crippen LogP contribution in [0.4, 0.5) is 0 Å². The fourth-order valence-corrected chi connectivity index (χ4v) is 6.68. The van der Waals surface area contributed by atoms with Crippen molar-refractivity contribution in [3.05, 3.63) is 111 Å². The smallest absolute Gasteiger partial charge is 0.328 e. The topological polar surface area (TPSA) is 137 Å². The molecule has 2 N–H and O–H groups in total. The molecular weight excluding hydrogens is 692 g/mol.